The van der Waals surface area contributed by atoms with Crippen LogP contribution in [0, 0.1) is 0 Å². The molecule has 4 heterocycles. The molecule has 0 amide bonds. The van der Waals surface area contributed by atoms with Gasteiger partial charge in [-0.1, -0.05) is 59.5 Å². The molecule has 1 fully saturated rings. The first kappa shape index (κ1) is 33.3. The minimum atomic E-state index is -0.452. The Balaban J connectivity index is 1.22. The van der Waals surface area contributed by atoms with Gasteiger partial charge in [-0.3, -0.25) is 0 Å². The number of rotatable bonds is 4. The number of furan rings is 1. The van der Waals surface area contributed by atoms with Crippen LogP contribution in [0.5, 0.6) is 0 Å². The van der Waals surface area contributed by atoms with Crippen LogP contribution < -0.4 is 32.8 Å². The van der Waals surface area contributed by atoms with Gasteiger partial charge in [-0.05, 0) is 63.5 Å². The maximum Gasteiger partial charge on any atom is 0.494 e. The lowest BCUT2D eigenvalue weighted by Gasteiger charge is -2.32. The summed E-state index contributed by atoms with van der Waals surface area (Å²) < 4.78 is 21.6. The first-order valence-corrected chi connectivity index (χ1v) is 18.7. The van der Waals surface area contributed by atoms with Crippen LogP contribution in [0.25, 0.3) is 76.3 Å². The Morgan fingerprint density at radius 3 is 1.98 bits per heavy atom. The zero-order chi connectivity index (χ0) is 36.3. The van der Waals surface area contributed by atoms with Crippen LogP contribution >= 0.6 is 11.3 Å². The number of hydrogen-bond donors (Lipinski definition) is 0. The van der Waals surface area contributed by atoms with E-state index in [0.29, 0.717) is 17.5 Å². The van der Waals surface area contributed by atoms with E-state index in [0.717, 1.165) is 44.1 Å². The Bertz CT molecular complexity index is 2750. The molecule has 5 aromatic carbocycles. The SMILES string of the molecule is Bc1c(B)c(B)c(-c2nc(-c3ccc4c(c3)oc3ccc(B5OC(C)(C)C(C)(C)O5)cc34)nc(-c3cccc4c3sc3ccccc34)n2)c(B)c1B. The first-order valence-electron chi connectivity index (χ1n) is 17.9. The number of thiophene rings is 1. The monoisotopic (exact) mass is 691 g/mol. The number of fused-ring (bicyclic) bond motifs is 6. The van der Waals surface area contributed by atoms with Crippen molar-refractivity contribution in [3.63, 3.8) is 0 Å². The highest BCUT2D eigenvalue weighted by molar-refractivity contribution is 7.26. The normalized spacial score (nSPS) is 15.4. The average molecular weight is 691 g/mol. The summed E-state index contributed by atoms with van der Waals surface area (Å²) in [6.07, 6.45) is 0. The molecule has 1 aliphatic heterocycles. The Morgan fingerprint density at radius 1 is 0.577 bits per heavy atom. The van der Waals surface area contributed by atoms with Crippen molar-refractivity contribution in [1.29, 1.82) is 0 Å². The Labute approximate surface area is 311 Å². The molecular formula is C39H35B6N3O3S. The van der Waals surface area contributed by atoms with E-state index in [1.165, 1.54) is 47.5 Å². The van der Waals surface area contributed by atoms with Crippen molar-refractivity contribution in [2.45, 2.75) is 38.9 Å². The highest BCUT2D eigenvalue weighted by Gasteiger charge is 2.51. The van der Waals surface area contributed by atoms with Gasteiger partial charge < -0.3 is 13.7 Å². The molecule has 248 valence electrons. The summed E-state index contributed by atoms with van der Waals surface area (Å²) in [5.41, 5.74) is 10.8. The third-order valence-electron chi connectivity index (χ3n) is 11.8. The lowest BCUT2D eigenvalue weighted by Crippen LogP contribution is -2.55. The van der Waals surface area contributed by atoms with Crippen LogP contribution in [0.3, 0.4) is 0 Å². The molecule has 0 radical (unpaired) electrons. The van der Waals surface area contributed by atoms with E-state index in [4.69, 9.17) is 28.7 Å². The van der Waals surface area contributed by atoms with Gasteiger partial charge in [0.05, 0.1) is 11.2 Å². The summed E-state index contributed by atoms with van der Waals surface area (Å²) >= 11 is 1.78. The van der Waals surface area contributed by atoms with Crippen molar-refractivity contribution in [3.05, 3.63) is 78.9 Å². The van der Waals surface area contributed by atoms with Gasteiger partial charge in [-0.25, -0.2) is 15.0 Å². The van der Waals surface area contributed by atoms with Gasteiger partial charge in [-0.15, -0.1) is 27.7 Å². The summed E-state index contributed by atoms with van der Waals surface area (Å²) in [4.78, 5) is 15.7. The maximum atomic E-state index is 6.47. The van der Waals surface area contributed by atoms with Gasteiger partial charge in [0.15, 0.2) is 17.5 Å². The van der Waals surface area contributed by atoms with E-state index < -0.39 is 18.3 Å². The average Bonchev–Trinajstić information content (AvgIpc) is 3.77. The van der Waals surface area contributed by atoms with E-state index in [1.54, 1.807) is 11.3 Å². The molecule has 1 aliphatic rings. The van der Waals surface area contributed by atoms with Crippen LogP contribution in [-0.2, 0) is 9.31 Å². The van der Waals surface area contributed by atoms with Crippen molar-refractivity contribution < 1.29 is 13.7 Å². The number of aromatic nitrogens is 3. The Morgan fingerprint density at radius 2 is 1.23 bits per heavy atom. The van der Waals surface area contributed by atoms with Crippen molar-refractivity contribution in [3.8, 4) is 34.2 Å². The fraction of sp³-hybridized carbons (Fsp3) is 0.154. The smallest absolute Gasteiger partial charge is 0.456 e. The highest BCUT2D eigenvalue weighted by Crippen LogP contribution is 2.40. The van der Waals surface area contributed by atoms with E-state index in [1.807, 2.05) is 12.1 Å². The van der Waals surface area contributed by atoms with Crippen molar-refractivity contribution in [2.75, 3.05) is 0 Å². The van der Waals surface area contributed by atoms with Crippen LogP contribution in [0.1, 0.15) is 27.7 Å². The van der Waals surface area contributed by atoms with Crippen LogP contribution in [0.2, 0.25) is 0 Å². The molecule has 0 saturated carbocycles. The summed E-state index contributed by atoms with van der Waals surface area (Å²) in [5, 5.41) is 4.48. The number of hydrogen-bond acceptors (Lipinski definition) is 7. The van der Waals surface area contributed by atoms with Gasteiger partial charge in [0.2, 0.25) is 0 Å². The van der Waals surface area contributed by atoms with Gasteiger partial charge in [-0.2, -0.15) is 0 Å². The Hall–Kier alpha value is -4.56. The number of nitrogens with zero attached hydrogens (tertiary/aromatic N) is 3. The molecule has 0 bridgehead atoms. The summed E-state index contributed by atoms with van der Waals surface area (Å²) in [6.45, 7) is 8.30. The zero-order valence-electron chi connectivity index (χ0n) is 31.1. The van der Waals surface area contributed by atoms with Crippen molar-refractivity contribution in [2.24, 2.45) is 0 Å². The molecule has 8 aromatic rings. The lowest BCUT2D eigenvalue weighted by molar-refractivity contribution is 0.00578. The van der Waals surface area contributed by atoms with E-state index in [9.17, 15) is 0 Å². The molecule has 0 atom stereocenters. The van der Waals surface area contributed by atoms with Crippen LogP contribution in [0.4, 0.5) is 0 Å². The van der Waals surface area contributed by atoms with Gasteiger partial charge in [0, 0.05) is 47.6 Å². The standard InChI is InChI=1S/C39H35B6N3O3S/c1-38(2)39(3,4)51-45(50-38)19-13-15-25-24(17-19)20-14-12-18(16-26(20)49-25)35-46-36(23-10-7-9-22-21-8-5-6-11-27(21)52-34(22)23)48-37(47-35)28-29(40)31(42)33(44)32(43)30(28)41/h5-17H,40-44H2,1-4H3. The topological polar surface area (TPSA) is 70.3 Å². The zero-order valence-corrected chi connectivity index (χ0v) is 31.9. The summed E-state index contributed by atoms with van der Waals surface area (Å²) in [6, 6.07) is 27.4. The first-order chi connectivity index (χ1) is 24.8. The second-order valence-corrected chi connectivity index (χ2v) is 16.3. The summed E-state index contributed by atoms with van der Waals surface area (Å²) in [7, 11) is 10.5. The van der Waals surface area contributed by atoms with Gasteiger partial charge in [0.1, 0.15) is 50.4 Å². The van der Waals surface area contributed by atoms with E-state index in [-0.39, 0.29) is 0 Å². The molecular weight excluding hydrogens is 655 g/mol. The van der Waals surface area contributed by atoms with Crippen LogP contribution in [-0.4, -0.2) is 72.5 Å². The second kappa shape index (κ2) is 11.7. The van der Waals surface area contributed by atoms with Gasteiger partial charge >= 0.3 is 7.12 Å². The lowest BCUT2D eigenvalue weighted by atomic mass is 9.60. The highest BCUT2D eigenvalue weighted by atomic mass is 32.1. The predicted octanol–water partition coefficient (Wildman–Crippen LogP) is 0.731. The molecule has 0 N–H and O–H groups in total. The van der Waals surface area contributed by atoms with E-state index in [2.05, 4.69) is 134 Å². The molecule has 3 aromatic heterocycles. The molecule has 13 heteroatoms. The fourth-order valence-corrected chi connectivity index (χ4v) is 8.77. The third-order valence-corrected chi connectivity index (χ3v) is 13.0. The fourth-order valence-electron chi connectivity index (χ4n) is 7.56. The molecule has 0 aliphatic carbocycles. The van der Waals surface area contributed by atoms with E-state index >= 15 is 0 Å². The summed E-state index contributed by atoms with van der Waals surface area (Å²) in [5.74, 6) is 1.94. The minimum absolute atomic E-state index is 0.419. The molecule has 6 nitrogen and oxygen atoms in total. The molecule has 9 rings (SSSR count). The predicted molar refractivity (Wildman–Crippen MR) is 233 cm³/mol. The Kier molecular flexibility index (Phi) is 7.50. The second-order valence-electron chi connectivity index (χ2n) is 15.2. The van der Waals surface area contributed by atoms with Crippen molar-refractivity contribution in [1.82, 2.24) is 15.0 Å². The molecule has 52 heavy (non-hydrogen) atoms. The molecule has 0 spiro atoms. The van der Waals surface area contributed by atoms with Crippen LogP contribution in [0.15, 0.2) is 83.3 Å². The number of benzene rings is 5. The molecule has 1 saturated heterocycles. The quantitative estimate of drug-likeness (QED) is 0.254. The maximum absolute atomic E-state index is 6.47. The van der Waals surface area contributed by atoms with Gasteiger partial charge in [0.25, 0.3) is 0 Å². The molecule has 0 unspecified atom stereocenters. The largest absolute Gasteiger partial charge is 0.494 e. The van der Waals surface area contributed by atoms with Crippen molar-refractivity contribution >= 4 is 133 Å². The minimum Gasteiger partial charge on any atom is -0.456 e. The third kappa shape index (κ3) is 5.04.